The molecule has 1 saturated heterocycles. The summed E-state index contributed by atoms with van der Waals surface area (Å²) in [5, 5.41) is 4.81. The molecule has 1 aliphatic heterocycles. The monoisotopic (exact) mass is 429 g/mol. The number of nitrogens with zero attached hydrogens (tertiary/aromatic N) is 3. The van der Waals surface area contributed by atoms with Crippen molar-refractivity contribution in [2.75, 3.05) is 27.3 Å². The van der Waals surface area contributed by atoms with E-state index in [0.717, 1.165) is 35.3 Å². The molecule has 164 valence electrons. The fourth-order valence-corrected chi connectivity index (χ4v) is 3.74. The van der Waals surface area contributed by atoms with Gasteiger partial charge in [-0.05, 0) is 49.2 Å². The van der Waals surface area contributed by atoms with Gasteiger partial charge in [0.25, 0.3) is 0 Å². The number of likely N-dealkylation sites (tertiary alicyclic amines) is 1. The molecule has 0 radical (unpaired) electrons. The zero-order valence-corrected chi connectivity index (χ0v) is 18.5. The summed E-state index contributed by atoms with van der Waals surface area (Å²) >= 11 is 0. The highest BCUT2D eigenvalue weighted by Crippen LogP contribution is 2.33. The SMILES string of the molecule is C=C1CCN(C(=O)/C=C/c2cn(-c3ccccc3)nc2-c2ccc(OC)c(OC)c2)CC1. The number of hydrogen-bond donors (Lipinski definition) is 0. The molecule has 2 aromatic carbocycles. The number of benzene rings is 2. The van der Waals surface area contributed by atoms with Gasteiger partial charge in [-0.15, -0.1) is 0 Å². The minimum absolute atomic E-state index is 0.00298. The van der Waals surface area contributed by atoms with Gasteiger partial charge in [-0.1, -0.05) is 30.4 Å². The van der Waals surface area contributed by atoms with E-state index in [1.807, 2.05) is 70.4 Å². The van der Waals surface area contributed by atoms with Crippen LogP contribution in [-0.4, -0.2) is 47.9 Å². The average Bonchev–Trinajstić information content (AvgIpc) is 3.27. The largest absolute Gasteiger partial charge is 0.493 e. The van der Waals surface area contributed by atoms with E-state index in [-0.39, 0.29) is 5.91 Å². The van der Waals surface area contributed by atoms with Crippen LogP contribution in [0.2, 0.25) is 0 Å². The first-order chi connectivity index (χ1) is 15.6. The highest BCUT2D eigenvalue weighted by Gasteiger charge is 2.17. The van der Waals surface area contributed by atoms with Crippen molar-refractivity contribution in [3.8, 4) is 28.4 Å². The zero-order valence-electron chi connectivity index (χ0n) is 18.5. The molecule has 1 aliphatic rings. The van der Waals surface area contributed by atoms with Crippen LogP contribution in [0.1, 0.15) is 18.4 Å². The van der Waals surface area contributed by atoms with Gasteiger partial charge in [0.05, 0.1) is 19.9 Å². The number of rotatable bonds is 6. The van der Waals surface area contributed by atoms with Gasteiger partial charge in [-0.3, -0.25) is 4.79 Å². The third kappa shape index (κ3) is 4.59. The Hall–Kier alpha value is -3.80. The first-order valence-corrected chi connectivity index (χ1v) is 10.6. The van der Waals surface area contributed by atoms with Gasteiger partial charge in [0.15, 0.2) is 11.5 Å². The second-order valence-corrected chi connectivity index (χ2v) is 7.69. The third-order valence-corrected chi connectivity index (χ3v) is 5.61. The van der Waals surface area contributed by atoms with E-state index in [9.17, 15) is 4.79 Å². The van der Waals surface area contributed by atoms with Crippen molar-refractivity contribution in [2.24, 2.45) is 0 Å². The lowest BCUT2D eigenvalue weighted by Crippen LogP contribution is -2.34. The van der Waals surface area contributed by atoms with Crippen LogP contribution >= 0.6 is 0 Å². The van der Waals surface area contributed by atoms with Crippen LogP contribution in [-0.2, 0) is 4.79 Å². The quantitative estimate of drug-likeness (QED) is 0.419. The van der Waals surface area contributed by atoms with Crippen molar-refractivity contribution in [2.45, 2.75) is 12.8 Å². The highest BCUT2D eigenvalue weighted by molar-refractivity contribution is 5.93. The first-order valence-electron chi connectivity index (χ1n) is 10.6. The van der Waals surface area contributed by atoms with Gasteiger partial charge in [0, 0.05) is 36.5 Å². The topological polar surface area (TPSA) is 56.6 Å². The fraction of sp³-hybridized carbons (Fsp3) is 0.231. The predicted octanol–water partition coefficient (Wildman–Crippen LogP) is 4.75. The number of methoxy groups -OCH3 is 2. The predicted molar refractivity (Wildman–Crippen MR) is 126 cm³/mol. The Bertz CT molecular complexity index is 1140. The number of piperidine rings is 1. The van der Waals surface area contributed by atoms with Crippen LogP contribution in [0.5, 0.6) is 11.5 Å². The highest BCUT2D eigenvalue weighted by atomic mass is 16.5. The van der Waals surface area contributed by atoms with Gasteiger partial charge in [-0.2, -0.15) is 5.10 Å². The van der Waals surface area contributed by atoms with E-state index in [0.29, 0.717) is 24.6 Å². The van der Waals surface area contributed by atoms with Crippen molar-refractivity contribution in [3.05, 3.63) is 78.5 Å². The van der Waals surface area contributed by atoms with Gasteiger partial charge in [-0.25, -0.2) is 4.68 Å². The maximum Gasteiger partial charge on any atom is 0.246 e. The maximum atomic E-state index is 12.7. The summed E-state index contributed by atoms with van der Waals surface area (Å²) in [6.45, 7) is 5.45. The molecule has 0 aliphatic carbocycles. The van der Waals surface area contributed by atoms with Crippen LogP contribution in [0.25, 0.3) is 23.0 Å². The van der Waals surface area contributed by atoms with Crippen molar-refractivity contribution in [3.63, 3.8) is 0 Å². The molecule has 0 unspecified atom stereocenters. The Labute approximate surface area is 188 Å². The van der Waals surface area contributed by atoms with Gasteiger partial charge in [0.1, 0.15) is 5.69 Å². The molecule has 0 N–H and O–H groups in total. The lowest BCUT2D eigenvalue weighted by Gasteiger charge is -2.26. The lowest BCUT2D eigenvalue weighted by atomic mass is 10.1. The number of ether oxygens (including phenoxy) is 2. The summed E-state index contributed by atoms with van der Waals surface area (Å²) in [6.07, 6.45) is 7.13. The fourth-order valence-electron chi connectivity index (χ4n) is 3.74. The van der Waals surface area contributed by atoms with Crippen LogP contribution in [0.4, 0.5) is 0 Å². The summed E-state index contributed by atoms with van der Waals surface area (Å²) in [7, 11) is 3.22. The number of hydrogen-bond acceptors (Lipinski definition) is 4. The van der Waals surface area contributed by atoms with Crippen LogP contribution < -0.4 is 9.47 Å². The second-order valence-electron chi connectivity index (χ2n) is 7.69. The standard InChI is InChI=1S/C26H27N3O3/c1-19-13-15-28(16-14-19)25(30)12-10-21-18-29(22-7-5-4-6-8-22)27-26(21)20-9-11-23(31-2)24(17-20)32-3/h4-12,17-18H,1,13-16H2,2-3H3/b12-10+. The Morgan fingerprint density at radius 1 is 1.03 bits per heavy atom. The Morgan fingerprint density at radius 2 is 1.75 bits per heavy atom. The molecule has 1 amide bonds. The van der Waals surface area contributed by atoms with Crippen molar-refractivity contribution < 1.29 is 14.3 Å². The average molecular weight is 430 g/mol. The second kappa shape index (κ2) is 9.56. The van der Waals surface area contributed by atoms with Crippen molar-refractivity contribution in [1.29, 1.82) is 0 Å². The Balaban J connectivity index is 1.70. The molecule has 0 spiro atoms. The summed E-state index contributed by atoms with van der Waals surface area (Å²) < 4.78 is 12.7. The molecule has 32 heavy (non-hydrogen) atoms. The number of carbonyl (C=O) groups excluding carboxylic acids is 1. The van der Waals surface area contributed by atoms with Crippen LogP contribution in [0.3, 0.4) is 0 Å². The van der Waals surface area contributed by atoms with Crippen molar-refractivity contribution >= 4 is 12.0 Å². The molecule has 3 aromatic rings. The molecule has 0 saturated carbocycles. The van der Waals surface area contributed by atoms with E-state index >= 15 is 0 Å². The van der Waals surface area contributed by atoms with Crippen molar-refractivity contribution in [1.82, 2.24) is 14.7 Å². The number of aromatic nitrogens is 2. The van der Waals surface area contributed by atoms with E-state index in [4.69, 9.17) is 14.6 Å². The molecule has 0 atom stereocenters. The first kappa shape index (κ1) is 21.4. The van der Waals surface area contributed by atoms with Crippen LogP contribution in [0, 0.1) is 0 Å². The van der Waals surface area contributed by atoms with E-state index in [2.05, 4.69) is 6.58 Å². The maximum absolute atomic E-state index is 12.7. The number of amides is 1. The number of para-hydroxylation sites is 1. The van der Waals surface area contributed by atoms with E-state index in [1.54, 1.807) is 20.3 Å². The summed E-state index contributed by atoms with van der Waals surface area (Å²) in [6, 6.07) is 15.6. The molecule has 1 fully saturated rings. The summed E-state index contributed by atoms with van der Waals surface area (Å²) in [5.41, 5.74) is 4.62. The van der Waals surface area contributed by atoms with Gasteiger partial charge < -0.3 is 14.4 Å². The molecule has 6 nitrogen and oxygen atoms in total. The molecule has 4 rings (SSSR count). The molecule has 2 heterocycles. The normalized spacial score (nSPS) is 14.1. The van der Waals surface area contributed by atoms with Crippen LogP contribution in [0.15, 0.2) is 73.0 Å². The molecule has 6 heteroatoms. The lowest BCUT2D eigenvalue weighted by molar-refractivity contribution is -0.126. The van der Waals surface area contributed by atoms with E-state index in [1.165, 1.54) is 5.57 Å². The third-order valence-electron chi connectivity index (χ3n) is 5.61. The Kier molecular flexibility index (Phi) is 6.40. The van der Waals surface area contributed by atoms with Gasteiger partial charge >= 0.3 is 0 Å². The molecule has 0 bridgehead atoms. The molecular formula is C26H27N3O3. The minimum Gasteiger partial charge on any atom is -0.493 e. The minimum atomic E-state index is 0.00298. The zero-order chi connectivity index (χ0) is 22.5. The molecular weight excluding hydrogens is 402 g/mol. The van der Waals surface area contributed by atoms with Gasteiger partial charge in [0.2, 0.25) is 5.91 Å². The smallest absolute Gasteiger partial charge is 0.246 e. The number of carbonyl (C=O) groups is 1. The van der Waals surface area contributed by atoms with E-state index < -0.39 is 0 Å². The Morgan fingerprint density at radius 3 is 2.44 bits per heavy atom. The molecule has 1 aromatic heterocycles. The summed E-state index contributed by atoms with van der Waals surface area (Å²) in [5.74, 6) is 1.28. The summed E-state index contributed by atoms with van der Waals surface area (Å²) in [4.78, 5) is 14.6.